The Kier molecular flexibility index (Phi) is 5.38. The Morgan fingerprint density at radius 1 is 1.02 bits per heavy atom. The average molecular weight is 601 g/mol. The maximum atomic E-state index is 14.4. The lowest BCUT2D eigenvalue weighted by molar-refractivity contribution is -0.215. The van der Waals surface area contributed by atoms with E-state index in [9.17, 15) is 9.18 Å². The highest BCUT2D eigenvalue weighted by Gasteiger charge is 2.69. The van der Waals surface area contributed by atoms with Gasteiger partial charge >= 0.3 is 0 Å². The summed E-state index contributed by atoms with van der Waals surface area (Å²) in [7, 11) is 0. The summed E-state index contributed by atoms with van der Waals surface area (Å²) in [6, 6.07) is 11.9. The molecule has 7 fully saturated rings. The van der Waals surface area contributed by atoms with Crippen LogP contribution in [0.5, 0.6) is 0 Å². The minimum atomic E-state index is -1.03. The standard InChI is InChI=1S/C33H34ClFN6O2/c34-29-36-26(24-5-2-14-41(24)38-29)22-3-1-4-23(15-22)40(25(42)16-31-17-33(35,18-31)19-31)20-30-8-11-32(12-9-30,13-10-30)28-37-27(39-43-28)21-6-7-21/h1-5,14-15,21H,6-13,16-20H2. The van der Waals surface area contributed by atoms with Gasteiger partial charge in [-0.2, -0.15) is 4.98 Å². The lowest BCUT2D eigenvalue weighted by atomic mass is 9.41. The molecule has 7 aliphatic carbocycles. The summed E-state index contributed by atoms with van der Waals surface area (Å²) in [5.41, 5.74) is 2.11. The minimum Gasteiger partial charge on any atom is -0.339 e. The van der Waals surface area contributed by atoms with Crippen LogP contribution in [0.2, 0.25) is 5.28 Å². The molecule has 222 valence electrons. The van der Waals surface area contributed by atoms with Crippen molar-refractivity contribution in [3.05, 3.63) is 59.6 Å². The van der Waals surface area contributed by atoms with Gasteiger partial charge in [0.25, 0.3) is 0 Å². The summed E-state index contributed by atoms with van der Waals surface area (Å²) in [4.78, 5) is 25.6. The first kappa shape index (κ1) is 26.1. The van der Waals surface area contributed by atoms with Gasteiger partial charge in [0, 0.05) is 41.7 Å². The second-order valence-electron chi connectivity index (χ2n) is 14.5. The van der Waals surface area contributed by atoms with Crippen molar-refractivity contribution >= 4 is 28.7 Å². The van der Waals surface area contributed by atoms with Crippen LogP contribution in [-0.2, 0) is 10.2 Å². The van der Waals surface area contributed by atoms with E-state index in [4.69, 9.17) is 21.1 Å². The van der Waals surface area contributed by atoms with Crippen LogP contribution in [0.1, 0.15) is 94.7 Å². The van der Waals surface area contributed by atoms with Crippen molar-refractivity contribution in [1.29, 1.82) is 0 Å². The molecule has 0 atom stereocenters. The van der Waals surface area contributed by atoms with E-state index in [1.54, 1.807) is 4.52 Å². The van der Waals surface area contributed by atoms with Gasteiger partial charge in [-0.1, -0.05) is 17.3 Å². The fraction of sp³-hybridized carbons (Fsp3) is 0.545. The first-order valence-corrected chi connectivity index (χ1v) is 16.1. The summed E-state index contributed by atoms with van der Waals surface area (Å²) >= 11 is 6.29. The summed E-state index contributed by atoms with van der Waals surface area (Å²) < 4.78 is 22.0. The van der Waals surface area contributed by atoms with Gasteiger partial charge < -0.3 is 9.42 Å². The predicted molar refractivity (Wildman–Crippen MR) is 159 cm³/mol. The second-order valence-corrected chi connectivity index (χ2v) is 14.8. The van der Waals surface area contributed by atoms with Gasteiger partial charge in [0.15, 0.2) is 5.82 Å². The number of anilines is 1. The van der Waals surface area contributed by atoms with Gasteiger partial charge in [0.05, 0.1) is 11.2 Å². The molecule has 11 rings (SSSR count). The Morgan fingerprint density at radius 2 is 1.79 bits per heavy atom. The van der Waals surface area contributed by atoms with Crippen LogP contribution in [-0.4, -0.2) is 42.9 Å². The average Bonchev–Trinajstić information content (AvgIpc) is 3.51. The van der Waals surface area contributed by atoms with E-state index in [2.05, 4.69) is 15.2 Å². The monoisotopic (exact) mass is 600 g/mol. The van der Waals surface area contributed by atoms with E-state index in [0.717, 1.165) is 85.5 Å². The highest BCUT2D eigenvalue weighted by Crippen LogP contribution is 2.71. The summed E-state index contributed by atoms with van der Waals surface area (Å²) in [5, 5.41) is 8.76. The van der Waals surface area contributed by atoms with Gasteiger partial charge in [-0.05, 0) is 117 Å². The quantitative estimate of drug-likeness (QED) is 0.212. The van der Waals surface area contributed by atoms with Crippen LogP contribution in [0.4, 0.5) is 10.1 Å². The van der Waals surface area contributed by atoms with E-state index in [0.29, 0.717) is 38.1 Å². The minimum absolute atomic E-state index is 0.0283. The number of nitrogens with zero attached hydrogens (tertiary/aromatic N) is 6. The predicted octanol–water partition coefficient (Wildman–Crippen LogP) is 7.22. The summed E-state index contributed by atoms with van der Waals surface area (Å²) in [5.74, 6) is 2.29. The third-order valence-corrected chi connectivity index (χ3v) is 11.6. The Bertz CT molecular complexity index is 1730. The molecular weight excluding hydrogens is 567 g/mol. The molecule has 8 nitrogen and oxygen atoms in total. The zero-order valence-electron chi connectivity index (χ0n) is 24.1. The van der Waals surface area contributed by atoms with Crippen molar-refractivity contribution in [2.75, 3.05) is 11.4 Å². The van der Waals surface area contributed by atoms with Crippen molar-refractivity contribution in [2.24, 2.45) is 10.8 Å². The molecule has 4 aromatic rings. The van der Waals surface area contributed by atoms with Crippen LogP contribution in [0, 0.1) is 10.8 Å². The Morgan fingerprint density at radius 3 is 2.51 bits per heavy atom. The molecule has 0 radical (unpaired) electrons. The van der Waals surface area contributed by atoms with E-state index >= 15 is 0 Å². The zero-order valence-corrected chi connectivity index (χ0v) is 24.8. The van der Waals surface area contributed by atoms with Crippen LogP contribution >= 0.6 is 11.6 Å². The molecule has 7 saturated carbocycles. The van der Waals surface area contributed by atoms with E-state index in [1.807, 2.05) is 47.5 Å². The SMILES string of the molecule is O=C(CC12CC(F)(C1)C2)N(CC12CCC(c3nc(C4CC4)no3)(CC1)CC2)c1cccc(-c2nc(Cl)nn3cccc23)c1. The number of rotatable bonds is 8. The highest BCUT2D eigenvalue weighted by molar-refractivity contribution is 6.28. The molecule has 0 saturated heterocycles. The summed E-state index contributed by atoms with van der Waals surface area (Å²) in [6.07, 6.45) is 12.2. The number of amides is 1. The third kappa shape index (κ3) is 4.17. The van der Waals surface area contributed by atoms with E-state index in [1.165, 1.54) is 0 Å². The fourth-order valence-corrected chi connectivity index (χ4v) is 9.01. The number of aromatic nitrogens is 5. The molecule has 1 aromatic carbocycles. The second kappa shape index (κ2) is 8.87. The van der Waals surface area contributed by atoms with Crippen molar-refractivity contribution in [2.45, 2.75) is 94.1 Å². The van der Waals surface area contributed by atoms with Crippen molar-refractivity contribution in [3.63, 3.8) is 0 Å². The largest absolute Gasteiger partial charge is 0.339 e. The van der Waals surface area contributed by atoms with Crippen LogP contribution in [0.3, 0.4) is 0 Å². The molecular formula is C33H34ClFN6O2. The zero-order chi connectivity index (χ0) is 29.0. The lowest BCUT2D eigenvalue weighted by Gasteiger charge is -2.66. The molecule has 43 heavy (non-hydrogen) atoms. The molecule has 7 aliphatic rings. The highest BCUT2D eigenvalue weighted by atomic mass is 35.5. The number of halogens is 2. The van der Waals surface area contributed by atoms with Gasteiger partial charge in [-0.25, -0.2) is 13.9 Å². The van der Waals surface area contributed by atoms with Gasteiger partial charge in [-0.3, -0.25) is 4.79 Å². The molecule has 3 aromatic heterocycles. The molecule has 0 aliphatic heterocycles. The van der Waals surface area contributed by atoms with Crippen LogP contribution in [0.25, 0.3) is 16.8 Å². The molecule has 0 unspecified atom stereocenters. The number of alkyl halides is 1. The third-order valence-electron chi connectivity index (χ3n) is 11.4. The van der Waals surface area contributed by atoms with E-state index in [-0.39, 0.29) is 27.4 Å². The van der Waals surface area contributed by atoms with E-state index < -0.39 is 5.67 Å². The van der Waals surface area contributed by atoms with Crippen LogP contribution < -0.4 is 4.90 Å². The first-order chi connectivity index (χ1) is 20.7. The fourth-order valence-electron chi connectivity index (χ4n) is 8.84. The molecule has 0 N–H and O–H groups in total. The van der Waals surface area contributed by atoms with Crippen molar-refractivity contribution in [3.8, 4) is 11.3 Å². The number of hydrogen-bond acceptors (Lipinski definition) is 6. The number of benzene rings is 1. The topological polar surface area (TPSA) is 89.4 Å². The van der Waals surface area contributed by atoms with Crippen molar-refractivity contribution < 1.29 is 13.7 Å². The van der Waals surface area contributed by atoms with Crippen LogP contribution in [0.15, 0.2) is 47.1 Å². The Labute approximate surface area is 254 Å². The van der Waals surface area contributed by atoms with Gasteiger partial charge in [-0.15, -0.1) is 5.10 Å². The molecule has 10 heteroatoms. The molecule has 1 amide bonds. The molecule has 4 bridgehead atoms. The normalized spacial score (nSPS) is 32.4. The Balaban J connectivity index is 1.02. The Hall–Kier alpha value is -3.33. The van der Waals surface area contributed by atoms with Gasteiger partial charge in [0.2, 0.25) is 17.1 Å². The lowest BCUT2D eigenvalue weighted by Crippen LogP contribution is -2.65. The smallest absolute Gasteiger partial charge is 0.241 e. The number of fused-ring (bicyclic) bond motifs is 4. The van der Waals surface area contributed by atoms with Gasteiger partial charge in [0.1, 0.15) is 5.67 Å². The van der Waals surface area contributed by atoms with Crippen molar-refractivity contribution in [1.82, 2.24) is 24.7 Å². The molecule has 0 spiro atoms. The number of hydrogen-bond donors (Lipinski definition) is 0. The molecule has 3 heterocycles. The maximum absolute atomic E-state index is 14.4. The summed E-state index contributed by atoms with van der Waals surface area (Å²) in [6.45, 7) is 0.657. The first-order valence-electron chi connectivity index (χ1n) is 15.7. The maximum Gasteiger partial charge on any atom is 0.241 e. The number of carbonyl (C=O) groups excluding carboxylic acids is 1. The number of carbonyl (C=O) groups is 1.